The van der Waals surface area contributed by atoms with Crippen molar-refractivity contribution in [2.45, 2.75) is 39.8 Å². The van der Waals surface area contributed by atoms with Crippen molar-refractivity contribution in [3.05, 3.63) is 60.3 Å². The molecule has 160 valence electrons. The zero-order valence-corrected chi connectivity index (χ0v) is 19.0. The van der Waals surface area contributed by atoms with Gasteiger partial charge in [0.15, 0.2) is 0 Å². The van der Waals surface area contributed by atoms with Crippen LogP contribution < -0.4 is 4.74 Å². The zero-order chi connectivity index (χ0) is 22.3. The molecule has 0 atom stereocenters. The molecule has 5 heteroatoms. The highest BCUT2D eigenvalue weighted by Gasteiger charge is 2.27. The summed E-state index contributed by atoms with van der Waals surface area (Å²) in [4.78, 5) is 20.5. The molecule has 4 aromatic rings. The second-order valence-corrected chi connectivity index (χ2v) is 8.45. The molecule has 4 rings (SSSR count). The number of carbonyl (C=O) groups excluding carboxylic acids is 1. The molecule has 0 spiro atoms. The van der Waals surface area contributed by atoms with Crippen molar-refractivity contribution < 1.29 is 9.53 Å². The van der Waals surface area contributed by atoms with Gasteiger partial charge >= 0.3 is 0 Å². The molecule has 0 saturated heterocycles. The number of benzene rings is 2. The Labute approximate surface area is 183 Å². The van der Waals surface area contributed by atoms with Crippen molar-refractivity contribution in [2.75, 3.05) is 7.11 Å². The van der Waals surface area contributed by atoms with Crippen LogP contribution in [0.15, 0.2) is 54.7 Å². The molecule has 0 unspecified atom stereocenters. The first kappa shape index (κ1) is 20.9. The molecule has 0 aliphatic rings. The quantitative estimate of drug-likeness (QED) is 0.422. The fraction of sp³-hybridized carbons (Fsp3) is 0.308. The van der Waals surface area contributed by atoms with Crippen LogP contribution in [0.1, 0.15) is 38.1 Å². The van der Waals surface area contributed by atoms with E-state index in [2.05, 4.69) is 16.7 Å². The van der Waals surface area contributed by atoms with Gasteiger partial charge in [-0.1, -0.05) is 30.3 Å². The summed E-state index contributed by atoms with van der Waals surface area (Å²) in [6, 6.07) is 16.3. The molecule has 0 fully saturated rings. The van der Waals surface area contributed by atoms with E-state index >= 15 is 0 Å². The second kappa shape index (κ2) is 8.06. The van der Waals surface area contributed by atoms with Crippen LogP contribution >= 0.6 is 0 Å². The molecule has 2 heterocycles. The maximum absolute atomic E-state index is 13.8. The number of aryl methyl sites for hydroxylation is 1. The first-order valence-electron chi connectivity index (χ1n) is 10.7. The van der Waals surface area contributed by atoms with E-state index in [1.54, 1.807) is 13.3 Å². The number of hydrogen-bond donors (Lipinski definition) is 0. The van der Waals surface area contributed by atoms with E-state index in [-0.39, 0.29) is 18.0 Å². The number of rotatable bonds is 5. The Kier molecular flexibility index (Phi) is 5.44. The molecule has 5 nitrogen and oxygen atoms in total. The summed E-state index contributed by atoms with van der Waals surface area (Å²) in [7, 11) is 3.67. The van der Waals surface area contributed by atoms with Crippen molar-refractivity contribution in [1.82, 2.24) is 14.5 Å². The number of amides is 1. The number of ether oxygens (including phenoxy) is 1. The smallest absolute Gasteiger partial charge is 0.256 e. The van der Waals surface area contributed by atoms with Crippen molar-refractivity contribution in [3.8, 4) is 16.9 Å². The summed E-state index contributed by atoms with van der Waals surface area (Å²) >= 11 is 0. The first-order valence-corrected chi connectivity index (χ1v) is 10.7. The lowest BCUT2D eigenvalue weighted by molar-refractivity contribution is 0.0644. The lowest BCUT2D eigenvalue weighted by Gasteiger charge is -2.31. The normalized spacial score (nSPS) is 11.6. The molecule has 0 aliphatic carbocycles. The van der Waals surface area contributed by atoms with Gasteiger partial charge in [-0.2, -0.15) is 0 Å². The van der Waals surface area contributed by atoms with Crippen LogP contribution in [0.5, 0.6) is 5.75 Å². The summed E-state index contributed by atoms with van der Waals surface area (Å²) in [5, 5.41) is 2.07. The number of para-hydroxylation sites is 1. The van der Waals surface area contributed by atoms with Crippen LogP contribution in [0.4, 0.5) is 0 Å². The van der Waals surface area contributed by atoms with Gasteiger partial charge < -0.3 is 14.2 Å². The maximum Gasteiger partial charge on any atom is 0.256 e. The van der Waals surface area contributed by atoms with E-state index in [1.165, 1.54) is 0 Å². The van der Waals surface area contributed by atoms with Gasteiger partial charge in [0.2, 0.25) is 0 Å². The van der Waals surface area contributed by atoms with Gasteiger partial charge in [-0.05, 0) is 51.5 Å². The van der Waals surface area contributed by atoms with Crippen LogP contribution in [0.3, 0.4) is 0 Å². The third kappa shape index (κ3) is 3.44. The monoisotopic (exact) mass is 415 g/mol. The number of fused-ring (bicyclic) bond motifs is 3. The molecule has 0 saturated carbocycles. The minimum atomic E-state index is -0.00912. The van der Waals surface area contributed by atoms with Gasteiger partial charge in [-0.3, -0.25) is 4.79 Å². The van der Waals surface area contributed by atoms with Gasteiger partial charge in [0.25, 0.3) is 5.91 Å². The third-order valence-electron chi connectivity index (χ3n) is 5.85. The summed E-state index contributed by atoms with van der Waals surface area (Å²) in [6.45, 7) is 8.19. The summed E-state index contributed by atoms with van der Waals surface area (Å²) < 4.78 is 7.58. The lowest BCUT2D eigenvalue weighted by atomic mass is 9.95. The van der Waals surface area contributed by atoms with Crippen molar-refractivity contribution in [1.29, 1.82) is 0 Å². The standard InChI is InChI=1S/C26H29N3O2/c1-16(2)29(17(3)4)26(30)21-15-27-25-24(20-12-7-8-13-22(20)28(25)5)23(21)18-10-9-11-19(14-18)31-6/h7-17H,1-6H3. The topological polar surface area (TPSA) is 47.4 Å². The summed E-state index contributed by atoms with van der Waals surface area (Å²) in [5.74, 6) is 0.746. The molecule has 0 aliphatic heterocycles. The fourth-order valence-electron chi connectivity index (χ4n) is 4.55. The molecule has 31 heavy (non-hydrogen) atoms. The number of pyridine rings is 1. The van der Waals surface area contributed by atoms with Crippen LogP contribution in [0, 0.1) is 0 Å². The Hall–Kier alpha value is -3.34. The molecule has 0 radical (unpaired) electrons. The van der Waals surface area contributed by atoms with E-state index in [1.807, 2.05) is 76.0 Å². The Balaban J connectivity index is 2.12. The highest BCUT2D eigenvalue weighted by atomic mass is 16.5. The van der Waals surface area contributed by atoms with E-state index in [9.17, 15) is 4.79 Å². The molecule has 0 bridgehead atoms. The summed E-state index contributed by atoms with van der Waals surface area (Å²) in [6.07, 6.45) is 1.73. The van der Waals surface area contributed by atoms with Gasteiger partial charge in [0.05, 0.1) is 18.2 Å². The van der Waals surface area contributed by atoms with E-state index in [0.717, 1.165) is 38.8 Å². The van der Waals surface area contributed by atoms with Crippen LogP contribution in [-0.4, -0.2) is 39.6 Å². The zero-order valence-electron chi connectivity index (χ0n) is 19.0. The predicted octanol–water partition coefficient (Wildman–Crippen LogP) is 5.66. The Morgan fingerprint density at radius 2 is 1.74 bits per heavy atom. The minimum absolute atomic E-state index is 0.00912. The Bertz CT molecular complexity index is 1260. The SMILES string of the molecule is COc1cccc(-c2c(C(=O)N(C(C)C)C(C)C)cnc3c2c2ccccc2n3C)c1. The molecule has 2 aromatic heterocycles. The van der Waals surface area contributed by atoms with Crippen LogP contribution in [0.2, 0.25) is 0 Å². The summed E-state index contributed by atoms with van der Waals surface area (Å²) in [5.41, 5.74) is 4.40. The van der Waals surface area contributed by atoms with E-state index < -0.39 is 0 Å². The highest BCUT2D eigenvalue weighted by Crippen LogP contribution is 2.39. The second-order valence-electron chi connectivity index (χ2n) is 8.45. The van der Waals surface area contributed by atoms with Gasteiger partial charge in [-0.25, -0.2) is 4.98 Å². The Morgan fingerprint density at radius 3 is 2.42 bits per heavy atom. The number of nitrogens with zero attached hydrogens (tertiary/aromatic N) is 3. The van der Waals surface area contributed by atoms with Crippen LogP contribution in [0.25, 0.3) is 33.1 Å². The third-order valence-corrected chi connectivity index (χ3v) is 5.85. The van der Waals surface area contributed by atoms with Gasteiger partial charge in [0, 0.05) is 41.7 Å². The van der Waals surface area contributed by atoms with Crippen molar-refractivity contribution in [2.24, 2.45) is 7.05 Å². The fourth-order valence-corrected chi connectivity index (χ4v) is 4.55. The lowest BCUT2D eigenvalue weighted by Crippen LogP contribution is -2.42. The average Bonchev–Trinajstić information content (AvgIpc) is 3.05. The van der Waals surface area contributed by atoms with Gasteiger partial charge in [-0.15, -0.1) is 0 Å². The molecule has 2 aromatic carbocycles. The van der Waals surface area contributed by atoms with Crippen molar-refractivity contribution in [3.63, 3.8) is 0 Å². The average molecular weight is 416 g/mol. The van der Waals surface area contributed by atoms with E-state index in [4.69, 9.17) is 9.72 Å². The number of hydrogen-bond acceptors (Lipinski definition) is 3. The molecular weight excluding hydrogens is 386 g/mol. The van der Waals surface area contributed by atoms with Crippen molar-refractivity contribution >= 4 is 27.8 Å². The number of aromatic nitrogens is 2. The molecule has 1 amide bonds. The first-order chi connectivity index (χ1) is 14.8. The minimum Gasteiger partial charge on any atom is -0.497 e. The maximum atomic E-state index is 13.8. The predicted molar refractivity (Wildman–Crippen MR) is 127 cm³/mol. The number of methoxy groups -OCH3 is 1. The van der Waals surface area contributed by atoms with E-state index in [0.29, 0.717) is 5.56 Å². The van der Waals surface area contributed by atoms with Crippen LogP contribution in [-0.2, 0) is 7.05 Å². The highest BCUT2D eigenvalue weighted by molar-refractivity contribution is 6.18. The Morgan fingerprint density at radius 1 is 1.03 bits per heavy atom. The van der Waals surface area contributed by atoms with Gasteiger partial charge in [0.1, 0.15) is 11.4 Å². The molecule has 0 N–H and O–H groups in total. The largest absolute Gasteiger partial charge is 0.497 e. The molecular formula is C26H29N3O2. The number of carbonyl (C=O) groups is 1.